The number of hydrogen-bond donors (Lipinski definition) is 1. The second kappa shape index (κ2) is 8.05. The van der Waals surface area contributed by atoms with Gasteiger partial charge < -0.3 is 9.84 Å². The Bertz CT molecular complexity index is 418. The Balaban J connectivity index is 2.52. The lowest BCUT2D eigenvalue weighted by atomic mass is 10.0. The molecule has 1 aromatic rings. The minimum absolute atomic E-state index is 0.0346. The van der Waals surface area contributed by atoms with Crippen LogP contribution in [0.2, 0.25) is 5.02 Å². The normalized spacial score (nSPS) is 12.2. The van der Waals surface area contributed by atoms with Gasteiger partial charge in [-0.1, -0.05) is 44.7 Å². The molecule has 1 unspecified atom stereocenters. The molecule has 0 bridgehead atoms. The van der Waals surface area contributed by atoms with Crippen molar-refractivity contribution in [3.05, 3.63) is 28.8 Å². The molecule has 106 valence electrons. The number of unbranched alkanes of at least 4 members (excludes halogenated alkanes) is 1. The lowest BCUT2D eigenvalue weighted by molar-refractivity contribution is 0.0428. The molecule has 3 nitrogen and oxygen atoms in total. The van der Waals surface area contributed by atoms with Gasteiger partial charge in [0.2, 0.25) is 0 Å². The highest BCUT2D eigenvalue weighted by Crippen LogP contribution is 2.24. The van der Waals surface area contributed by atoms with Gasteiger partial charge in [0.25, 0.3) is 0 Å². The second-order valence-corrected chi connectivity index (χ2v) is 5.09. The SMILES string of the molecule is CCCCC(CC)COC(=O)c1ccc(O)c(Cl)c1. The monoisotopic (exact) mass is 284 g/mol. The van der Waals surface area contributed by atoms with Crippen LogP contribution in [0.5, 0.6) is 5.75 Å². The number of phenols is 1. The highest BCUT2D eigenvalue weighted by atomic mass is 35.5. The molecule has 0 amide bonds. The number of phenolic OH excluding ortho intramolecular Hbond substituents is 1. The molecule has 0 radical (unpaired) electrons. The zero-order valence-electron chi connectivity index (χ0n) is 11.5. The molecule has 19 heavy (non-hydrogen) atoms. The number of hydrogen-bond acceptors (Lipinski definition) is 3. The van der Waals surface area contributed by atoms with Crippen molar-refractivity contribution in [3.63, 3.8) is 0 Å². The third-order valence-electron chi connectivity index (χ3n) is 3.18. The fraction of sp³-hybridized carbons (Fsp3) is 0.533. The molecule has 4 heteroatoms. The van der Waals surface area contributed by atoms with E-state index in [-0.39, 0.29) is 10.8 Å². The molecule has 0 aliphatic rings. The maximum Gasteiger partial charge on any atom is 0.338 e. The number of rotatable bonds is 7. The van der Waals surface area contributed by atoms with E-state index in [2.05, 4.69) is 13.8 Å². The molecule has 0 aromatic heterocycles. The molecule has 0 aliphatic carbocycles. The third kappa shape index (κ3) is 5.11. The van der Waals surface area contributed by atoms with E-state index in [0.29, 0.717) is 18.1 Å². The predicted molar refractivity (Wildman–Crippen MR) is 76.7 cm³/mol. The third-order valence-corrected chi connectivity index (χ3v) is 3.48. The van der Waals surface area contributed by atoms with Crippen molar-refractivity contribution in [1.29, 1.82) is 0 Å². The Morgan fingerprint density at radius 2 is 2.16 bits per heavy atom. The van der Waals surface area contributed by atoms with Crippen molar-refractivity contribution in [1.82, 2.24) is 0 Å². The molecular formula is C15H21ClO3. The van der Waals surface area contributed by atoms with Crippen LogP contribution in [0.15, 0.2) is 18.2 Å². The summed E-state index contributed by atoms with van der Waals surface area (Å²) in [5.41, 5.74) is 0.369. The van der Waals surface area contributed by atoms with Crippen molar-refractivity contribution in [2.75, 3.05) is 6.61 Å². The molecule has 1 atom stereocenters. The number of carbonyl (C=O) groups excluding carboxylic acids is 1. The van der Waals surface area contributed by atoms with Gasteiger partial charge in [0, 0.05) is 0 Å². The van der Waals surface area contributed by atoms with E-state index in [9.17, 15) is 9.90 Å². The Morgan fingerprint density at radius 1 is 1.42 bits per heavy atom. The van der Waals surface area contributed by atoms with Gasteiger partial charge in [0.15, 0.2) is 0 Å². The van der Waals surface area contributed by atoms with Crippen LogP contribution < -0.4 is 0 Å². The number of halogens is 1. The zero-order valence-corrected chi connectivity index (χ0v) is 12.2. The maximum atomic E-state index is 11.8. The lowest BCUT2D eigenvalue weighted by Crippen LogP contribution is -2.14. The van der Waals surface area contributed by atoms with E-state index in [4.69, 9.17) is 16.3 Å². The van der Waals surface area contributed by atoms with E-state index in [1.54, 1.807) is 0 Å². The highest BCUT2D eigenvalue weighted by molar-refractivity contribution is 6.32. The van der Waals surface area contributed by atoms with Crippen molar-refractivity contribution < 1.29 is 14.6 Å². The molecule has 1 N–H and O–H groups in total. The number of benzene rings is 1. The first-order chi connectivity index (χ1) is 9.08. The van der Waals surface area contributed by atoms with Crippen LogP contribution in [0, 0.1) is 5.92 Å². The first-order valence-electron chi connectivity index (χ1n) is 6.74. The summed E-state index contributed by atoms with van der Waals surface area (Å²) < 4.78 is 5.29. The van der Waals surface area contributed by atoms with Gasteiger partial charge in [-0.05, 0) is 30.5 Å². The first kappa shape index (κ1) is 15.8. The average molecular weight is 285 g/mol. The van der Waals surface area contributed by atoms with Crippen LogP contribution in [0.25, 0.3) is 0 Å². The smallest absolute Gasteiger partial charge is 0.338 e. The summed E-state index contributed by atoms with van der Waals surface area (Å²) in [6.45, 7) is 4.69. The molecule has 0 fully saturated rings. The summed E-state index contributed by atoms with van der Waals surface area (Å²) in [7, 11) is 0. The fourth-order valence-corrected chi connectivity index (χ4v) is 1.99. The Kier molecular flexibility index (Phi) is 6.71. The average Bonchev–Trinajstić information content (AvgIpc) is 2.41. The molecule has 0 aliphatic heterocycles. The van der Waals surface area contributed by atoms with E-state index in [1.807, 2.05) is 0 Å². The van der Waals surface area contributed by atoms with Crippen molar-refractivity contribution in [3.8, 4) is 5.75 Å². The topological polar surface area (TPSA) is 46.5 Å². The fourth-order valence-electron chi connectivity index (χ4n) is 1.81. The molecule has 0 saturated carbocycles. The van der Waals surface area contributed by atoms with E-state index < -0.39 is 5.97 Å². The van der Waals surface area contributed by atoms with Crippen LogP contribution in [-0.4, -0.2) is 17.7 Å². The van der Waals surface area contributed by atoms with Crippen molar-refractivity contribution >= 4 is 17.6 Å². The molecular weight excluding hydrogens is 264 g/mol. The van der Waals surface area contributed by atoms with Crippen LogP contribution in [-0.2, 0) is 4.74 Å². The summed E-state index contributed by atoms with van der Waals surface area (Å²) in [5, 5.41) is 9.45. The number of carbonyl (C=O) groups is 1. The maximum absolute atomic E-state index is 11.8. The van der Waals surface area contributed by atoms with Gasteiger partial charge in [-0.25, -0.2) is 4.79 Å². The minimum Gasteiger partial charge on any atom is -0.506 e. The second-order valence-electron chi connectivity index (χ2n) is 4.68. The summed E-state index contributed by atoms with van der Waals surface area (Å²) >= 11 is 5.76. The molecule has 0 saturated heterocycles. The van der Waals surface area contributed by atoms with Gasteiger partial charge in [-0.3, -0.25) is 0 Å². The van der Waals surface area contributed by atoms with Crippen LogP contribution in [0.4, 0.5) is 0 Å². The Hall–Kier alpha value is -1.22. The van der Waals surface area contributed by atoms with Gasteiger partial charge in [0.1, 0.15) is 5.75 Å². The van der Waals surface area contributed by atoms with Crippen LogP contribution in [0.1, 0.15) is 49.9 Å². The number of esters is 1. The Labute approximate surface area is 119 Å². The molecule has 1 aromatic carbocycles. The van der Waals surface area contributed by atoms with Gasteiger partial charge in [-0.2, -0.15) is 0 Å². The quantitative estimate of drug-likeness (QED) is 0.754. The molecule has 0 spiro atoms. The summed E-state index contributed by atoms with van der Waals surface area (Å²) in [6, 6.07) is 4.33. The van der Waals surface area contributed by atoms with Crippen molar-refractivity contribution in [2.45, 2.75) is 39.5 Å². The predicted octanol–water partition coefficient (Wildman–Crippen LogP) is 4.42. The van der Waals surface area contributed by atoms with Gasteiger partial charge >= 0.3 is 5.97 Å². The minimum atomic E-state index is -0.392. The van der Waals surface area contributed by atoms with Gasteiger partial charge in [0.05, 0.1) is 17.2 Å². The van der Waals surface area contributed by atoms with Crippen molar-refractivity contribution in [2.24, 2.45) is 5.92 Å². The van der Waals surface area contributed by atoms with E-state index >= 15 is 0 Å². The van der Waals surface area contributed by atoms with Crippen LogP contribution in [0.3, 0.4) is 0 Å². The van der Waals surface area contributed by atoms with E-state index in [0.717, 1.165) is 25.7 Å². The van der Waals surface area contributed by atoms with E-state index in [1.165, 1.54) is 18.2 Å². The largest absolute Gasteiger partial charge is 0.506 e. The summed E-state index contributed by atoms with van der Waals surface area (Å²) in [6.07, 6.45) is 4.39. The lowest BCUT2D eigenvalue weighted by Gasteiger charge is -2.14. The van der Waals surface area contributed by atoms with Gasteiger partial charge in [-0.15, -0.1) is 0 Å². The summed E-state index contributed by atoms with van der Waals surface area (Å²) in [4.78, 5) is 11.8. The number of ether oxygens (including phenoxy) is 1. The summed E-state index contributed by atoms with van der Waals surface area (Å²) in [5.74, 6) is -0.0130. The highest BCUT2D eigenvalue weighted by Gasteiger charge is 2.13. The Morgan fingerprint density at radius 3 is 2.74 bits per heavy atom. The first-order valence-corrected chi connectivity index (χ1v) is 7.11. The number of aromatic hydroxyl groups is 1. The molecule has 1 rings (SSSR count). The standard InChI is InChI=1S/C15H21ClO3/c1-3-5-6-11(4-2)10-19-15(18)12-7-8-14(17)13(16)9-12/h7-9,11,17H,3-6,10H2,1-2H3. The zero-order chi connectivity index (χ0) is 14.3. The van der Waals surface area contributed by atoms with Crippen LogP contribution >= 0.6 is 11.6 Å². The molecule has 0 heterocycles.